The van der Waals surface area contributed by atoms with Crippen LogP contribution in [0.3, 0.4) is 0 Å². The molecule has 2 rings (SSSR count). The van der Waals surface area contributed by atoms with Crippen LogP contribution in [0.2, 0.25) is 4.34 Å². The molecule has 2 heterocycles. The zero-order chi connectivity index (χ0) is 14.0. The summed E-state index contributed by atoms with van der Waals surface area (Å²) in [4.78, 5) is 0. The molecule has 0 radical (unpaired) electrons. The van der Waals surface area contributed by atoms with Gasteiger partial charge in [-0.15, -0.1) is 11.3 Å². The average Bonchev–Trinajstić information content (AvgIpc) is 2.90. The Labute approximate surface area is 120 Å². The van der Waals surface area contributed by atoms with E-state index in [0.717, 1.165) is 28.4 Å². The number of hydrogen-bond acceptors (Lipinski definition) is 5. The molecule has 0 aliphatic rings. The Balaban J connectivity index is 2.00. The van der Waals surface area contributed by atoms with Crippen molar-refractivity contribution in [3.05, 3.63) is 33.5 Å². The zero-order valence-electron chi connectivity index (χ0n) is 10.4. The molecule has 5 nitrogen and oxygen atoms in total. The van der Waals surface area contributed by atoms with Crippen LogP contribution in [0, 0.1) is 13.8 Å². The lowest BCUT2D eigenvalue weighted by atomic mass is 10.1. The third-order valence-electron chi connectivity index (χ3n) is 2.66. The fourth-order valence-corrected chi connectivity index (χ4v) is 4.24. The van der Waals surface area contributed by atoms with E-state index in [-0.39, 0.29) is 4.21 Å². The maximum atomic E-state index is 11.9. The van der Waals surface area contributed by atoms with Gasteiger partial charge in [-0.3, -0.25) is 0 Å². The van der Waals surface area contributed by atoms with Gasteiger partial charge in [-0.2, -0.15) is 0 Å². The fourth-order valence-electron chi connectivity index (χ4n) is 1.68. The Morgan fingerprint density at radius 1 is 1.42 bits per heavy atom. The zero-order valence-corrected chi connectivity index (χ0v) is 12.8. The van der Waals surface area contributed by atoms with E-state index in [4.69, 9.17) is 16.1 Å². The summed E-state index contributed by atoms with van der Waals surface area (Å²) in [6, 6.07) is 3.06. The Kier molecular flexibility index (Phi) is 4.29. The first kappa shape index (κ1) is 14.5. The number of halogens is 1. The number of aryl methyl sites for hydroxylation is 2. The molecule has 19 heavy (non-hydrogen) atoms. The predicted molar refractivity (Wildman–Crippen MR) is 74.2 cm³/mol. The Morgan fingerprint density at radius 3 is 2.68 bits per heavy atom. The number of rotatable bonds is 5. The molecule has 1 N–H and O–H groups in total. The van der Waals surface area contributed by atoms with E-state index in [1.54, 1.807) is 6.07 Å². The predicted octanol–water partition coefficient (Wildman–Crippen LogP) is 2.53. The molecule has 0 aromatic carbocycles. The van der Waals surface area contributed by atoms with Crippen LogP contribution >= 0.6 is 22.9 Å². The molecule has 0 aliphatic heterocycles. The minimum atomic E-state index is -3.49. The summed E-state index contributed by atoms with van der Waals surface area (Å²) in [5.41, 5.74) is 1.72. The first-order valence-corrected chi connectivity index (χ1v) is 8.24. The van der Waals surface area contributed by atoms with Gasteiger partial charge in [-0.1, -0.05) is 16.8 Å². The minimum Gasteiger partial charge on any atom is -0.361 e. The van der Waals surface area contributed by atoms with Gasteiger partial charge in [-0.05, 0) is 32.4 Å². The van der Waals surface area contributed by atoms with E-state index >= 15 is 0 Å². The maximum absolute atomic E-state index is 11.9. The largest absolute Gasteiger partial charge is 0.361 e. The average molecular weight is 321 g/mol. The van der Waals surface area contributed by atoms with Crippen molar-refractivity contribution < 1.29 is 12.9 Å². The molecule has 0 spiro atoms. The molecule has 0 saturated carbocycles. The van der Waals surface area contributed by atoms with Crippen molar-refractivity contribution in [3.8, 4) is 0 Å². The third-order valence-corrected chi connectivity index (χ3v) is 5.85. The number of thiophene rings is 1. The van der Waals surface area contributed by atoms with E-state index in [0.29, 0.717) is 17.3 Å². The van der Waals surface area contributed by atoms with Gasteiger partial charge in [0.05, 0.1) is 10.0 Å². The second kappa shape index (κ2) is 5.62. The summed E-state index contributed by atoms with van der Waals surface area (Å²) < 4.78 is 32.1. The molecular weight excluding hydrogens is 308 g/mol. The SMILES string of the molecule is Cc1noc(C)c1CCNS(=O)(=O)c1ccc(Cl)s1. The lowest BCUT2D eigenvalue weighted by Crippen LogP contribution is -2.25. The number of aromatic nitrogens is 1. The molecule has 0 fully saturated rings. The van der Waals surface area contributed by atoms with E-state index in [2.05, 4.69) is 9.88 Å². The van der Waals surface area contributed by atoms with Crippen LogP contribution in [0.1, 0.15) is 17.0 Å². The maximum Gasteiger partial charge on any atom is 0.250 e. The van der Waals surface area contributed by atoms with Crippen LogP contribution < -0.4 is 4.72 Å². The van der Waals surface area contributed by atoms with Crippen molar-refractivity contribution in [2.24, 2.45) is 0 Å². The smallest absolute Gasteiger partial charge is 0.250 e. The highest BCUT2D eigenvalue weighted by Crippen LogP contribution is 2.25. The molecule has 0 aliphatic carbocycles. The van der Waals surface area contributed by atoms with Crippen LogP contribution in [0.25, 0.3) is 0 Å². The van der Waals surface area contributed by atoms with Crippen molar-refractivity contribution in [1.82, 2.24) is 9.88 Å². The summed E-state index contributed by atoms with van der Waals surface area (Å²) in [7, 11) is -3.49. The van der Waals surface area contributed by atoms with E-state index < -0.39 is 10.0 Å². The molecule has 2 aromatic heterocycles. The van der Waals surface area contributed by atoms with Gasteiger partial charge in [0.1, 0.15) is 9.97 Å². The number of sulfonamides is 1. The monoisotopic (exact) mass is 320 g/mol. The molecule has 0 atom stereocenters. The van der Waals surface area contributed by atoms with Crippen LogP contribution in [0.4, 0.5) is 0 Å². The standard InChI is InChI=1S/C11H13ClN2O3S2/c1-7-9(8(2)17-14-7)5-6-13-19(15,16)11-4-3-10(12)18-11/h3-4,13H,5-6H2,1-2H3. The van der Waals surface area contributed by atoms with Crippen molar-refractivity contribution in [3.63, 3.8) is 0 Å². The van der Waals surface area contributed by atoms with E-state index in [9.17, 15) is 8.42 Å². The molecule has 8 heteroatoms. The first-order valence-electron chi connectivity index (χ1n) is 5.57. The Bertz CT molecular complexity index is 656. The van der Waals surface area contributed by atoms with Crippen molar-refractivity contribution in [2.75, 3.05) is 6.54 Å². The highest BCUT2D eigenvalue weighted by atomic mass is 35.5. The summed E-state index contributed by atoms with van der Waals surface area (Å²) in [5, 5.41) is 3.83. The summed E-state index contributed by atoms with van der Waals surface area (Å²) >= 11 is 6.76. The van der Waals surface area contributed by atoms with Crippen LogP contribution in [-0.2, 0) is 16.4 Å². The minimum absolute atomic E-state index is 0.219. The number of nitrogens with one attached hydrogen (secondary N) is 1. The molecule has 2 aromatic rings. The van der Waals surface area contributed by atoms with Gasteiger partial charge >= 0.3 is 0 Å². The normalized spacial score (nSPS) is 11.9. The second-order valence-electron chi connectivity index (χ2n) is 4.01. The topological polar surface area (TPSA) is 72.2 Å². The fraction of sp³-hybridized carbons (Fsp3) is 0.364. The summed E-state index contributed by atoms with van der Waals surface area (Å²) in [6.07, 6.45) is 0.541. The van der Waals surface area contributed by atoms with Gasteiger partial charge in [0.15, 0.2) is 0 Å². The molecule has 104 valence electrons. The van der Waals surface area contributed by atoms with E-state index in [1.807, 2.05) is 13.8 Å². The summed E-state index contributed by atoms with van der Waals surface area (Å²) in [6.45, 7) is 3.93. The molecule has 0 saturated heterocycles. The Morgan fingerprint density at radius 2 is 2.16 bits per heavy atom. The van der Waals surface area contributed by atoms with Crippen molar-refractivity contribution in [2.45, 2.75) is 24.5 Å². The molecular formula is C11H13ClN2O3S2. The van der Waals surface area contributed by atoms with Crippen LogP contribution in [0.15, 0.2) is 20.9 Å². The van der Waals surface area contributed by atoms with Gasteiger partial charge < -0.3 is 4.52 Å². The van der Waals surface area contributed by atoms with Gasteiger partial charge in [0, 0.05) is 12.1 Å². The third kappa shape index (κ3) is 3.36. The van der Waals surface area contributed by atoms with Crippen LogP contribution in [0.5, 0.6) is 0 Å². The highest BCUT2D eigenvalue weighted by molar-refractivity contribution is 7.91. The Hall–Kier alpha value is -0.890. The lowest BCUT2D eigenvalue weighted by molar-refractivity contribution is 0.392. The number of nitrogens with zero attached hydrogens (tertiary/aromatic N) is 1. The quantitative estimate of drug-likeness (QED) is 0.918. The lowest BCUT2D eigenvalue weighted by Gasteiger charge is -2.04. The van der Waals surface area contributed by atoms with Gasteiger partial charge in [0.2, 0.25) is 10.0 Å². The number of hydrogen-bond donors (Lipinski definition) is 1. The molecule has 0 unspecified atom stereocenters. The second-order valence-corrected chi connectivity index (χ2v) is 7.72. The molecule has 0 amide bonds. The van der Waals surface area contributed by atoms with E-state index in [1.165, 1.54) is 6.07 Å². The highest BCUT2D eigenvalue weighted by Gasteiger charge is 2.17. The summed E-state index contributed by atoms with van der Waals surface area (Å²) in [5.74, 6) is 0.718. The van der Waals surface area contributed by atoms with Crippen molar-refractivity contribution in [1.29, 1.82) is 0 Å². The first-order chi connectivity index (χ1) is 8.90. The van der Waals surface area contributed by atoms with Crippen LogP contribution in [-0.4, -0.2) is 20.1 Å². The molecule has 0 bridgehead atoms. The van der Waals surface area contributed by atoms with Crippen molar-refractivity contribution >= 4 is 33.0 Å². The van der Waals surface area contributed by atoms with Gasteiger partial charge in [-0.25, -0.2) is 13.1 Å². The van der Waals surface area contributed by atoms with Gasteiger partial charge in [0.25, 0.3) is 0 Å².